The molecule has 0 aromatic carbocycles. The molecule has 132 valence electrons. The Morgan fingerprint density at radius 2 is 2.12 bits per heavy atom. The van der Waals surface area contributed by atoms with Crippen molar-refractivity contribution in [2.75, 3.05) is 11.6 Å². The van der Waals surface area contributed by atoms with E-state index in [1.54, 1.807) is 28.0 Å². The summed E-state index contributed by atoms with van der Waals surface area (Å²) >= 11 is 3.30. The number of thioether (sulfide) groups is 1. The van der Waals surface area contributed by atoms with E-state index >= 15 is 0 Å². The molecule has 1 saturated carbocycles. The number of carbonyl (C=O) groups is 2. The first-order chi connectivity index (χ1) is 11.7. The molecule has 2 fully saturated rings. The van der Waals surface area contributed by atoms with Crippen LogP contribution in [0.1, 0.15) is 49.7 Å². The topological polar surface area (TPSA) is 62.3 Å². The third-order valence-corrected chi connectivity index (χ3v) is 6.82. The van der Waals surface area contributed by atoms with Crippen LogP contribution in [-0.4, -0.2) is 39.4 Å². The maximum atomic E-state index is 12.8. The van der Waals surface area contributed by atoms with Gasteiger partial charge in [0, 0.05) is 17.1 Å². The average molecular weight is 368 g/mol. The molecular weight excluding hydrogens is 342 g/mol. The van der Waals surface area contributed by atoms with Crippen LogP contribution in [0.2, 0.25) is 0 Å². The van der Waals surface area contributed by atoms with Gasteiger partial charge in [-0.15, -0.1) is 23.1 Å². The average Bonchev–Trinajstić information content (AvgIpc) is 3.29. The number of amides is 2. The van der Waals surface area contributed by atoms with Gasteiger partial charge in [-0.05, 0) is 19.3 Å². The minimum Gasteiger partial charge on any atom is -0.349 e. The van der Waals surface area contributed by atoms with E-state index in [4.69, 9.17) is 0 Å². The molecule has 5 nitrogen and oxygen atoms in total. The number of nitrogens with one attached hydrogen (secondary N) is 1. The van der Waals surface area contributed by atoms with E-state index in [9.17, 15) is 9.59 Å². The van der Waals surface area contributed by atoms with Crippen LogP contribution in [0.3, 0.4) is 0 Å². The molecule has 2 amide bonds. The number of aryl methyl sites for hydroxylation is 1. The summed E-state index contributed by atoms with van der Waals surface area (Å²) in [4.78, 5) is 31.6. The summed E-state index contributed by atoms with van der Waals surface area (Å²) in [6.45, 7) is 2.52. The Morgan fingerprint density at radius 3 is 2.83 bits per heavy atom. The highest BCUT2D eigenvalue weighted by Crippen LogP contribution is 2.30. The van der Waals surface area contributed by atoms with Crippen LogP contribution in [0.5, 0.6) is 0 Å². The highest BCUT2D eigenvalue weighted by Gasteiger charge is 2.37. The second-order valence-corrected chi connectivity index (χ2v) is 8.41. The van der Waals surface area contributed by atoms with E-state index in [-0.39, 0.29) is 23.8 Å². The molecule has 2 heterocycles. The lowest BCUT2D eigenvalue weighted by atomic mass is 9.88. The molecule has 2 aliphatic rings. The van der Waals surface area contributed by atoms with Gasteiger partial charge in [0.05, 0.1) is 23.1 Å². The van der Waals surface area contributed by atoms with E-state index in [1.807, 2.05) is 5.38 Å². The Hall–Kier alpha value is -1.08. The predicted octanol–water partition coefficient (Wildman–Crippen LogP) is 2.80. The van der Waals surface area contributed by atoms with Crippen molar-refractivity contribution in [3.63, 3.8) is 0 Å². The molecule has 1 aromatic heterocycles. The van der Waals surface area contributed by atoms with Crippen LogP contribution in [0, 0.1) is 5.92 Å². The Kier molecular flexibility index (Phi) is 6.16. The van der Waals surface area contributed by atoms with Crippen LogP contribution in [0.4, 0.5) is 0 Å². The van der Waals surface area contributed by atoms with Crippen molar-refractivity contribution in [1.82, 2.24) is 15.2 Å². The van der Waals surface area contributed by atoms with Crippen LogP contribution in [0.25, 0.3) is 0 Å². The van der Waals surface area contributed by atoms with Crippen molar-refractivity contribution in [3.05, 3.63) is 16.1 Å². The maximum Gasteiger partial charge on any atom is 0.244 e. The highest BCUT2D eigenvalue weighted by molar-refractivity contribution is 7.99. The van der Waals surface area contributed by atoms with Crippen LogP contribution >= 0.6 is 23.1 Å². The SMILES string of the molecule is CCc1nc(CNC(=O)C2CSCN2C(=O)C2CCCCC2)cs1. The lowest BCUT2D eigenvalue weighted by molar-refractivity contribution is -0.142. The van der Waals surface area contributed by atoms with Crippen molar-refractivity contribution >= 4 is 34.9 Å². The fourth-order valence-electron chi connectivity index (χ4n) is 3.35. The normalized spacial score (nSPS) is 21.9. The van der Waals surface area contributed by atoms with Crippen molar-refractivity contribution in [3.8, 4) is 0 Å². The lowest BCUT2D eigenvalue weighted by Crippen LogP contribution is -2.49. The van der Waals surface area contributed by atoms with Gasteiger partial charge in [0.1, 0.15) is 6.04 Å². The van der Waals surface area contributed by atoms with Gasteiger partial charge >= 0.3 is 0 Å². The fourth-order valence-corrected chi connectivity index (χ4v) is 5.26. The van der Waals surface area contributed by atoms with Crippen LogP contribution in [0.15, 0.2) is 5.38 Å². The molecule has 1 saturated heterocycles. The summed E-state index contributed by atoms with van der Waals surface area (Å²) in [6, 6.07) is -0.325. The molecule has 0 radical (unpaired) electrons. The zero-order chi connectivity index (χ0) is 16.9. The van der Waals surface area contributed by atoms with E-state index < -0.39 is 0 Å². The van der Waals surface area contributed by atoms with Crippen molar-refractivity contribution in [2.45, 2.75) is 58.0 Å². The molecule has 1 unspecified atom stereocenters. The standard InChI is InChI=1S/C17H25N3O2S2/c1-2-15-19-13(9-24-15)8-18-16(21)14-10-23-11-20(14)17(22)12-6-4-3-5-7-12/h9,12,14H,2-8,10-11H2,1H3,(H,18,21). The first-order valence-corrected chi connectivity index (χ1v) is 10.8. The molecule has 1 atom stereocenters. The summed E-state index contributed by atoms with van der Waals surface area (Å²) in [5, 5.41) is 6.05. The largest absolute Gasteiger partial charge is 0.349 e. The minimum absolute atomic E-state index is 0.0461. The molecule has 3 rings (SSSR count). The van der Waals surface area contributed by atoms with Gasteiger partial charge in [-0.2, -0.15) is 0 Å². The van der Waals surface area contributed by atoms with Gasteiger partial charge < -0.3 is 10.2 Å². The van der Waals surface area contributed by atoms with Gasteiger partial charge in [-0.1, -0.05) is 26.2 Å². The summed E-state index contributed by atoms with van der Waals surface area (Å²) in [5.74, 6) is 1.60. The van der Waals surface area contributed by atoms with Crippen LogP contribution < -0.4 is 5.32 Å². The van der Waals surface area contributed by atoms with Gasteiger partial charge in [-0.25, -0.2) is 4.98 Å². The Morgan fingerprint density at radius 1 is 1.33 bits per heavy atom. The summed E-state index contributed by atoms with van der Waals surface area (Å²) in [7, 11) is 0. The monoisotopic (exact) mass is 367 g/mol. The van der Waals surface area contributed by atoms with Crippen molar-refractivity contribution in [2.24, 2.45) is 5.92 Å². The van der Waals surface area contributed by atoms with E-state index in [0.717, 1.165) is 42.8 Å². The Labute approximate surface area is 151 Å². The number of nitrogens with zero attached hydrogens (tertiary/aromatic N) is 2. The van der Waals surface area contributed by atoms with Crippen molar-refractivity contribution in [1.29, 1.82) is 0 Å². The zero-order valence-electron chi connectivity index (χ0n) is 14.1. The maximum absolute atomic E-state index is 12.8. The van der Waals surface area contributed by atoms with Gasteiger partial charge in [0.25, 0.3) is 0 Å². The lowest BCUT2D eigenvalue weighted by Gasteiger charge is -2.29. The third kappa shape index (κ3) is 4.11. The fraction of sp³-hybridized carbons (Fsp3) is 0.706. The molecular formula is C17H25N3O2S2. The molecule has 1 aliphatic heterocycles. The predicted molar refractivity (Wildman–Crippen MR) is 97.9 cm³/mol. The second kappa shape index (κ2) is 8.34. The molecule has 1 N–H and O–H groups in total. The number of hydrogen-bond donors (Lipinski definition) is 1. The number of hydrogen-bond acceptors (Lipinski definition) is 5. The summed E-state index contributed by atoms with van der Waals surface area (Å²) in [5.41, 5.74) is 0.904. The van der Waals surface area contributed by atoms with Gasteiger partial charge in [-0.3, -0.25) is 9.59 Å². The molecule has 0 spiro atoms. The summed E-state index contributed by atoms with van der Waals surface area (Å²) < 4.78 is 0. The number of thiazole rings is 1. The molecule has 7 heteroatoms. The van der Waals surface area contributed by atoms with E-state index in [1.165, 1.54) is 6.42 Å². The number of carbonyl (C=O) groups excluding carboxylic acids is 2. The van der Waals surface area contributed by atoms with Gasteiger partial charge in [0.2, 0.25) is 11.8 Å². The quantitative estimate of drug-likeness (QED) is 0.869. The van der Waals surface area contributed by atoms with E-state index in [0.29, 0.717) is 18.2 Å². The minimum atomic E-state index is -0.325. The second-order valence-electron chi connectivity index (χ2n) is 6.46. The molecule has 0 bridgehead atoms. The molecule has 1 aromatic rings. The van der Waals surface area contributed by atoms with Crippen LogP contribution in [-0.2, 0) is 22.6 Å². The first kappa shape index (κ1) is 17.7. The highest BCUT2D eigenvalue weighted by atomic mass is 32.2. The van der Waals surface area contributed by atoms with Gasteiger partial charge in [0.15, 0.2) is 0 Å². The number of aromatic nitrogens is 1. The Bertz CT molecular complexity index is 584. The first-order valence-electron chi connectivity index (χ1n) is 8.78. The van der Waals surface area contributed by atoms with Crippen molar-refractivity contribution < 1.29 is 9.59 Å². The number of rotatable bonds is 5. The summed E-state index contributed by atoms with van der Waals surface area (Å²) in [6.07, 6.45) is 6.38. The third-order valence-electron chi connectivity index (χ3n) is 4.77. The Balaban J connectivity index is 1.55. The zero-order valence-corrected chi connectivity index (χ0v) is 15.8. The smallest absolute Gasteiger partial charge is 0.244 e. The van der Waals surface area contributed by atoms with E-state index in [2.05, 4.69) is 17.2 Å². The molecule has 24 heavy (non-hydrogen) atoms. The molecule has 1 aliphatic carbocycles.